The van der Waals surface area contributed by atoms with E-state index in [0.717, 1.165) is 21.8 Å². The monoisotopic (exact) mass is 513 g/mol. The number of nitrogens with zero attached hydrogens (tertiary/aromatic N) is 4. The van der Waals surface area contributed by atoms with Crippen molar-refractivity contribution in [2.24, 2.45) is 5.73 Å². The molecule has 0 radical (unpaired) electrons. The van der Waals surface area contributed by atoms with E-state index < -0.39 is 18.0 Å². The zero-order valence-electron chi connectivity index (χ0n) is 19.8. The molecule has 4 rings (SSSR count). The molecule has 12 heteroatoms. The Morgan fingerprint density at radius 2 is 1.76 bits per heavy atom. The number of hydrogen-bond donors (Lipinski definition) is 3. The van der Waals surface area contributed by atoms with Gasteiger partial charge in [0, 0.05) is 80.0 Å². The molecule has 9 nitrogen and oxygen atoms in total. The average Bonchev–Trinajstić information content (AvgIpc) is 2.88. The number of nitrogens with two attached hydrogens (primary N) is 1. The molecule has 0 spiro atoms. The van der Waals surface area contributed by atoms with E-state index in [2.05, 4.69) is 20.6 Å². The molecule has 0 saturated carbocycles. The van der Waals surface area contributed by atoms with Gasteiger partial charge >= 0.3 is 12.1 Å². The first-order valence-electron chi connectivity index (χ1n) is 11.6. The van der Waals surface area contributed by atoms with Crippen molar-refractivity contribution in [3.8, 4) is 0 Å². The average molecular weight is 514 g/mol. The van der Waals surface area contributed by atoms with Gasteiger partial charge in [0.1, 0.15) is 5.82 Å². The van der Waals surface area contributed by atoms with Crippen molar-refractivity contribution in [3.05, 3.63) is 72.2 Å². The van der Waals surface area contributed by atoms with Gasteiger partial charge in [0.2, 0.25) is 5.91 Å². The zero-order valence-corrected chi connectivity index (χ0v) is 19.8. The standard InChI is InChI=1S/C25H26F3N7O2/c26-25(27,28)24(37)35-10-8-34(9-11-35)20-5-3-19(4-6-20)33-23-13-21(18(16-32-23)12-22(29)36)31-15-17-2-1-7-30-14-17/h1-7,13-14,16H,8-12,15H2,(H2,29,36)(H2,31,32,33). The molecule has 0 bridgehead atoms. The van der Waals surface area contributed by atoms with Crippen LogP contribution in [-0.4, -0.2) is 59.0 Å². The van der Waals surface area contributed by atoms with Gasteiger partial charge in [-0.3, -0.25) is 14.6 Å². The Kier molecular flexibility index (Phi) is 7.75. The van der Waals surface area contributed by atoms with Gasteiger partial charge in [-0.15, -0.1) is 0 Å². The van der Waals surface area contributed by atoms with Crippen LogP contribution in [0.1, 0.15) is 11.1 Å². The summed E-state index contributed by atoms with van der Waals surface area (Å²) in [6.07, 6.45) is 0.219. The third-order valence-electron chi connectivity index (χ3n) is 5.87. The number of aromatic nitrogens is 2. The molecule has 0 unspecified atom stereocenters. The zero-order chi connectivity index (χ0) is 26.4. The van der Waals surface area contributed by atoms with Gasteiger partial charge in [0.15, 0.2) is 0 Å². The van der Waals surface area contributed by atoms with Gasteiger partial charge in [-0.05, 0) is 35.9 Å². The van der Waals surface area contributed by atoms with Crippen LogP contribution < -0.4 is 21.3 Å². The number of benzene rings is 1. The quantitative estimate of drug-likeness (QED) is 0.424. The third kappa shape index (κ3) is 6.87. The van der Waals surface area contributed by atoms with Crippen LogP contribution in [0.15, 0.2) is 61.1 Å². The normalized spacial score (nSPS) is 13.8. The minimum absolute atomic E-state index is 0.00867. The summed E-state index contributed by atoms with van der Waals surface area (Å²) in [4.78, 5) is 34.2. The summed E-state index contributed by atoms with van der Waals surface area (Å²) in [6, 6.07) is 12.9. The highest BCUT2D eigenvalue weighted by molar-refractivity contribution is 5.82. The first-order chi connectivity index (χ1) is 17.7. The van der Waals surface area contributed by atoms with Crippen molar-refractivity contribution in [1.82, 2.24) is 14.9 Å². The Balaban J connectivity index is 1.40. The molecule has 2 aromatic heterocycles. The summed E-state index contributed by atoms with van der Waals surface area (Å²) in [5.74, 6) is -1.71. The first kappa shape index (κ1) is 25.7. The Morgan fingerprint density at radius 1 is 1.03 bits per heavy atom. The van der Waals surface area contributed by atoms with Crippen molar-refractivity contribution in [1.29, 1.82) is 0 Å². The first-order valence-corrected chi connectivity index (χ1v) is 11.6. The molecule has 2 amide bonds. The Labute approximate surface area is 211 Å². The molecule has 1 fully saturated rings. The second-order valence-electron chi connectivity index (χ2n) is 8.53. The van der Waals surface area contributed by atoms with Gasteiger partial charge in [-0.25, -0.2) is 4.98 Å². The number of pyridine rings is 2. The van der Waals surface area contributed by atoms with Gasteiger partial charge < -0.3 is 26.2 Å². The molecule has 4 N–H and O–H groups in total. The van der Waals surface area contributed by atoms with Crippen LogP contribution in [0.2, 0.25) is 0 Å². The van der Waals surface area contributed by atoms with E-state index in [9.17, 15) is 22.8 Å². The summed E-state index contributed by atoms with van der Waals surface area (Å²) in [5.41, 5.74) is 9.33. The van der Waals surface area contributed by atoms with Crippen LogP contribution in [0.25, 0.3) is 0 Å². The summed E-state index contributed by atoms with van der Waals surface area (Å²) in [6.45, 7) is 1.13. The van der Waals surface area contributed by atoms with E-state index in [0.29, 0.717) is 36.7 Å². The van der Waals surface area contributed by atoms with E-state index in [1.807, 2.05) is 41.3 Å². The number of primary amides is 1. The number of nitrogens with one attached hydrogen (secondary N) is 2. The SMILES string of the molecule is NC(=O)Cc1cnc(Nc2ccc(N3CCN(C(=O)C(F)(F)F)CC3)cc2)cc1NCc1cccnc1. The summed E-state index contributed by atoms with van der Waals surface area (Å²) in [5, 5.41) is 6.52. The van der Waals surface area contributed by atoms with Gasteiger partial charge in [-0.2, -0.15) is 13.2 Å². The topological polar surface area (TPSA) is 116 Å². The van der Waals surface area contributed by atoms with E-state index >= 15 is 0 Å². The smallest absolute Gasteiger partial charge is 0.381 e. The fourth-order valence-corrected chi connectivity index (χ4v) is 4.00. The lowest BCUT2D eigenvalue weighted by atomic mass is 10.1. The van der Waals surface area contributed by atoms with Crippen LogP contribution in [0.4, 0.5) is 36.1 Å². The number of alkyl halides is 3. The summed E-state index contributed by atoms with van der Waals surface area (Å²) in [7, 11) is 0. The van der Waals surface area contributed by atoms with Crippen LogP contribution in [0, 0.1) is 0 Å². The van der Waals surface area contributed by atoms with E-state index in [-0.39, 0.29) is 19.5 Å². The number of halogens is 3. The number of anilines is 4. The van der Waals surface area contributed by atoms with Crippen LogP contribution in [0.3, 0.4) is 0 Å². The lowest BCUT2D eigenvalue weighted by Crippen LogP contribution is -2.52. The van der Waals surface area contributed by atoms with Crippen molar-refractivity contribution in [3.63, 3.8) is 0 Å². The molecule has 0 atom stereocenters. The van der Waals surface area contributed by atoms with Crippen LogP contribution in [-0.2, 0) is 22.6 Å². The molecular formula is C25H26F3N7O2. The van der Waals surface area contributed by atoms with Crippen LogP contribution >= 0.6 is 0 Å². The minimum Gasteiger partial charge on any atom is -0.381 e. The second kappa shape index (κ2) is 11.1. The largest absolute Gasteiger partial charge is 0.471 e. The molecule has 1 aromatic carbocycles. The van der Waals surface area contributed by atoms with Crippen molar-refractivity contribution >= 4 is 34.7 Å². The third-order valence-corrected chi connectivity index (χ3v) is 5.87. The predicted molar refractivity (Wildman–Crippen MR) is 133 cm³/mol. The highest BCUT2D eigenvalue weighted by Crippen LogP contribution is 2.26. The number of rotatable bonds is 8. The molecule has 0 aliphatic carbocycles. The highest BCUT2D eigenvalue weighted by atomic mass is 19.4. The second-order valence-corrected chi connectivity index (χ2v) is 8.53. The number of carbonyl (C=O) groups excluding carboxylic acids is 2. The number of amides is 2. The van der Waals surface area contributed by atoms with Gasteiger partial charge in [-0.1, -0.05) is 6.07 Å². The lowest BCUT2D eigenvalue weighted by molar-refractivity contribution is -0.185. The molecule has 3 aromatic rings. The maximum atomic E-state index is 12.7. The molecular weight excluding hydrogens is 487 g/mol. The van der Waals surface area contributed by atoms with E-state index in [1.165, 1.54) is 0 Å². The molecule has 194 valence electrons. The van der Waals surface area contributed by atoms with Crippen molar-refractivity contribution in [2.45, 2.75) is 19.1 Å². The maximum absolute atomic E-state index is 12.7. The number of piperazine rings is 1. The van der Waals surface area contributed by atoms with Crippen molar-refractivity contribution < 1.29 is 22.8 Å². The van der Waals surface area contributed by atoms with Crippen LogP contribution in [0.5, 0.6) is 0 Å². The number of carbonyl (C=O) groups is 2. The Morgan fingerprint density at radius 3 is 2.38 bits per heavy atom. The van der Waals surface area contributed by atoms with Gasteiger partial charge in [0.05, 0.1) is 6.42 Å². The van der Waals surface area contributed by atoms with E-state index in [1.54, 1.807) is 24.7 Å². The predicted octanol–water partition coefficient (Wildman–Crippen LogP) is 3.07. The maximum Gasteiger partial charge on any atom is 0.471 e. The minimum atomic E-state index is -4.85. The fraction of sp³-hybridized carbons (Fsp3) is 0.280. The highest BCUT2D eigenvalue weighted by Gasteiger charge is 2.43. The number of hydrogen-bond acceptors (Lipinski definition) is 7. The molecule has 1 aliphatic heterocycles. The van der Waals surface area contributed by atoms with E-state index in [4.69, 9.17) is 5.73 Å². The van der Waals surface area contributed by atoms with Crippen molar-refractivity contribution in [2.75, 3.05) is 41.7 Å². The Bertz CT molecular complexity index is 1230. The molecule has 1 aliphatic rings. The fourth-order valence-electron chi connectivity index (χ4n) is 4.00. The van der Waals surface area contributed by atoms with Gasteiger partial charge in [0.25, 0.3) is 0 Å². The summed E-state index contributed by atoms with van der Waals surface area (Å²) >= 11 is 0. The Hall–Kier alpha value is -4.35. The molecule has 1 saturated heterocycles. The molecule has 37 heavy (non-hydrogen) atoms. The molecule has 3 heterocycles. The lowest BCUT2D eigenvalue weighted by Gasteiger charge is -2.36. The summed E-state index contributed by atoms with van der Waals surface area (Å²) < 4.78 is 38.0.